The van der Waals surface area contributed by atoms with Crippen molar-refractivity contribution in [2.24, 2.45) is 11.8 Å². The second-order valence-electron chi connectivity index (χ2n) is 33.4. The zero-order valence-corrected chi connectivity index (χ0v) is 77.8. The van der Waals surface area contributed by atoms with Gasteiger partial charge in [0.1, 0.15) is 26.4 Å². The number of hydrogen-bond donors (Lipinski definition) is 4. The lowest BCUT2D eigenvalue weighted by molar-refractivity contribution is -0.167. The molecule has 0 rings (SSSR count). The molecule has 0 aliphatic rings. The van der Waals surface area contributed by atoms with E-state index in [4.69, 9.17) is 56.8 Å². The van der Waals surface area contributed by atoms with Gasteiger partial charge in [0, 0.05) is 26.2 Å². The van der Waals surface area contributed by atoms with Gasteiger partial charge in [-0.1, -0.05) is 336 Å². The van der Waals surface area contributed by atoms with E-state index in [-0.39, 0.29) is 136 Å². The molecule has 0 heterocycles. The second-order valence-corrected chi connectivity index (χ2v) is 33.4. The molecule has 0 amide bonds. The van der Waals surface area contributed by atoms with Gasteiger partial charge in [0.25, 0.3) is 0 Å². The molecule has 0 fully saturated rings. The highest BCUT2D eigenvalue weighted by Gasteiger charge is 2.29. The third-order valence-electron chi connectivity index (χ3n) is 22.0. The Morgan fingerprint density at radius 1 is 0.228 bits per heavy atom. The smallest absolute Gasteiger partial charge is 0.480 e. The molecular weight excluding hydrogens is 1580 g/mol. The minimum atomic E-state index is -1.27. The molecule has 4 N–H and O–H groups in total. The van der Waals surface area contributed by atoms with E-state index in [9.17, 15) is 63.6 Å². The number of nitrogens with zero attached hydrogens (tertiary/aromatic N) is 3. The fourth-order valence-electron chi connectivity index (χ4n) is 14.8. The first-order valence-corrected chi connectivity index (χ1v) is 49.0. The van der Waals surface area contributed by atoms with Gasteiger partial charge < -0.3 is 77.3 Å². The molecule has 123 heavy (non-hydrogen) atoms. The molecule has 0 spiro atoms. The quantitative estimate of drug-likeness (QED) is 0.0250. The van der Waals surface area contributed by atoms with E-state index >= 15 is 0 Å². The van der Waals surface area contributed by atoms with E-state index in [1.54, 1.807) is 0 Å². The van der Waals surface area contributed by atoms with E-state index in [1.165, 1.54) is 249 Å². The van der Waals surface area contributed by atoms with Crippen LogP contribution in [-0.2, 0) is 90.4 Å². The Labute approximate surface area is 742 Å². The molecule has 1 unspecified atom stereocenters. The predicted octanol–water partition coefficient (Wildman–Crippen LogP) is 20.0. The van der Waals surface area contributed by atoms with Crippen LogP contribution >= 0.6 is 0 Å². The van der Waals surface area contributed by atoms with Crippen molar-refractivity contribution in [1.29, 1.82) is 0 Å². The first-order valence-electron chi connectivity index (χ1n) is 49.0. The van der Waals surface area contributed by atoms with Crippen molar-refractivity contribution < 1.29 is 120 Å². The zero-order chi connectivity index (χ0) is 90.0. The molecule has 0 saturated carbocycles. The van der Waals surface area contributed by atoms with Gasteiger partial charge in [0.2, 0.25) is 0 Å². The summed E-state index contributed by atoms with van der Waals surface area (Å²) in [6.07, 6.45) is 60.3. The maximum atomic E-state index is 14.5. The lowest BCUT2D eigenvalue weighted by Crippen LogP contribution is -2.45. The number of ether oxygens (including phenoxy) is 12. The summed E-state index contributed by atoms with van der Waals surface area (Å²) in [4.78, 5) is 116. The van der Waals surface area contributed by atoms with E-state index in [0.717, 1.165) is 99.7 Å². The van der Waals surface area contributed by atoms with Gasteiger partial charge in [-0.3, -0.25) is 48.3 Å². The van der Waals surface area contributed by atoms with Crippen LogP contribution in [0, 0.1) is 11.8 Å². The fourth-order valence-corrected chi connectivity index (χ4v) is 14.8. The molecule has 0 bridgehead atoms. The van der Waals surface area contributed by atoms with Crippen molar-refractivity contribution in [3.05, 3.63) is 0 Å². The van der Waals surface area contributed by atoms with Crippen molar-refractivity contribution in [2.75, 3.05) is 165 Å². The molecule has 0 aromatic rings. The topological polar surface area (TPSA) is 355 Å². The Morgan fingerprint density at radius 2 is 0.455 bits per heavy atom. The minimum Gasteiger partial charge on any atom is -0.480 e. The van der Waals surface area contributed by atoms with Crippen molar-refractivity contribution in [1.82, 2.24) is 14.7 Å². The summed E-state index contributed by atoms with van der Waals surface area (Å²) in [7, 11) is 0. The molecule has 0 radical (unpaired) electrons. The third kappa shape index (κ3) is 85.7. The normalized spacial score (nSPS) is 11.8. The highest BCUT2D eigenvalue weighted by Crippen LogP contribution is 2.26. The van der Waals surface area contributed by atoms with Gasteiger partial charge in [-0.05, 0) is 38.5 Å². The van der Waals surface area contributed by atoms with Crippen LogP contribution in [-0.4, -0.2) is 260 Å². The van der Waals surface area contributed by atoms with Crippen molar-refractivity contribution in [3.63, 3.8) is 0 Å². The van der Waals surface area contributed by atoms with E-state index in [1.807, 2.05) is 0 Å². The Morgan fingerprint density at radius 3 is 0.740 bits per heavy atom. The van der Waals surface area contributed by atoms with E-state index in [0.29, 0.717) is 39.3 Å². The Hall–Kier alpha value is -5.49. The van der Waals surface area contributed by atoms with Gasteiger partial charge in [-0.2, -0.15) is 0 Å². The molecule has 722 valence electrons. The van der Waals surface area contributed by atoms with Gasteiger partial charge in [-0.25, -0.2) is 9.59 Å². The largest absolute Gasteiger partial charge is 0.508 e. The zero-order valence-electron chi connectivity index (χ0n) is 77.8. The number of hydrogen-bond acceptors (Lipinski definition) is 24. The van der Waals surface area contributed by atoms with Crippen molar-refractivity contribution >= 4 is 54.1 Å². The summed E-state index contributed by atoms with van der Waals surface area (Å²) >= 11 is 0. The monoisotopic (exact) mass is 1760 g/mol. The van der Waals surface area contributed by atoms with Gasteiger partial charge in [-0.15, -0.1) is 0 Å². The second kappa shape index (κ2) is 91.3. The maximum absolute atomic E-state index is 14.5. The summed E-state index contributed by atoms with van der Waals surface area (Å²) in [5.41, 5.74) is 0. The number of rotatable bonds is 98. The molecule has 0 aromatic carbocycles. The fraction of sp³-hybridized carbons (Fsp3) is 0.905. The highest BCUT2D eigenvalue weighted by molar-refractivity contribution is 5.75. The van der Waals surface area contributed by atoms with Gasteiger partial charge in [0.15, 0.2) is 6.10 Å². The number of aliphatic carboxylic acids is 4. The molecule has 28 heteroatoms. The average Bonchev–Trinajstić information content (AvgIpc) is 0.893. The first-order chi connectivity index (χ1) is 59.9. The average molecular weight is 1760 g/mol. The number of carbonyl (C=O) groups is 9. The van der Waals surface area contributed by atoms with Crippen molar-refractivity contribution in [3.8, 4) is 0 Å². The standard InChI is InChI=1S/C95H177N3O25/c1-5-9-13-17-21-25-29-33-37-41-45-49-55-84(56-50-46-42-38-34-30-26-22-18-14-10-6-2)92(108)121-82-86(123-93(109)85(57-51-47-43-39-35-31-27-23-19-15-11-7-3)58-52-48-44-40-36-32-28-24-20-16-12-8-4)83-122-95(111)120-76-74-116-72-70-114-68-66-112-65-67-113-69-71-115-73-75-119-94(110)118-64-54-53-63-117-91(107)81-96(59-61-97(77-87(99)100)78-88(101)102)60-62-98(79-89(103)104)80-90(105)106/h84-86H,5-83H2,1-4H3,(H,99,100)(H,101,102)(H,103,104)(H,105,106). The lowest BCUT2D eigenvalue weighted by atomic mass is 9.94. The Balaban J connectivity index is 5.31. The highest BCUT2D eigenvalue weighted by atomic mass is 16.7. The molecule has 28 nitrogen and oxygen atoms in total. The Kier molecular flexibility index (Phi) is 87.2. The van der Waals surface area contributed by atoms with Crippen LogP contribution in [0.3, 0.4) is 0 Å². The predicted molar refractivity (Wildman–Crippen MR) is 479 cm³/mol. The van der Waals surface area contributed by atoms with Crippen LogP contribution in [0.2, 0.25) is 0 Å². The van der Waals surface area contributed by atoms with Gasteiger partial charge in [0.05, 0.1) is 124 Å². The van der Waals surface area contributed by atoms with E-state index < -0.39 is 74.4 Å². The van der Waals surface area contributed by atoms with E-state index in [2.05, 4.69) is 27.7 Å². The molecular formula is C95H177N3O25. The van der Waals surface area contributed by atoms with Crippen molar-refractivity contribution in [2.45, 2.75) is 381 Å². The number of carbonyl (C=O) groups excluding carboxylic acids is 5. The molecule has 0 aromatic heterocycles. The number of carboxylic acid groups (broad SMARTS) is 4. The molecule has 1 atom stereocenters. The summed E-state index contributed by atoms with van der Waals surface area (Å²) in [6, 6.07) is 0. The number of esters is 3. The summed E-state index contributed by atoms with van der Waals surface area (Å²) in [5, 5.41) is 36.8. The summed E-state index contributed by atoms with van der Waals surface area (Å²) in [5.74, 6) is -6.91. The maximum Gasteiger partial charge on any atom is 0.508 e. The number of carboxylic acids is 4. The van der Waals surface area contributed by atoms with Crippen LogP contribution in [0.25, 0.3) is 0 Å². The lowest BCUT2D eigenvalue weighted by Gasteiger charge is -2.27. The van der Waals surface area contributed by atoms with Crippen LogP contribution in [0.15, 0.2) is 0 Å². The van der Waals surface area contributed by atoms with Crippen LogP contribution < -0.4 is 0 Å². The Bertz CT molecular complexity index is 2340. The summed E-state index contributed by atoms with van der Waals surface area (Å²) < 4.78 is 66.8. The number of unbranched alkanes of at least 4 members (excludes halogenated alkanes) is 45. The molecule has 0 aliphatic carbocycles. The molecule has 0 aliphatic heterocycles. The van der Waals surface area contributed by atoms with Crippen LogP contribution in [0.5, 0.6) is 0 Å². The summed E-state index contributed by atoms with van der Waals surface area (Å²) in [6.45, 7) is 7.86. The minimum absolute atomic E-state index is 0.0198. The first kappa shape index (κ1) is 118. The van der Waals surface area contributed by atoms with Crippen LogP contribution in [0.4, 0.5) is 9.59 Å². The van der Waals surface area contributed by atoms with Gasteiger partial charge >= 0.3 is 54.1 Å². The van der Waals surface area contributed by atoms with Crippen LogP contribution in [0.1, 0.15) is 374 Å². The third-order valence-corrected chi connectivity index (χ3v) is 22.0. The SMILES string of the molecule is CCCCCCCCCCCCCCC(CCCCCCCCCCCCCC)C(=O)OCC(COC(=O)OCCOCCOCCOCCOCCOCCOC(=O)OCCCCOC(=O)CN(CCN(CC(=O)O)CC(=O)O)CCN(CC(=O)O)CC(=O)O)OC(=O)C(CCCCCCCCCCCCCC)CCCCCCCCCCCCCC. The molecule has 0 saturated heterocycles.